The van der Waals surface area contributed by atoms with Gasteiger partial charge in [-0.25, -0.2) is 4.79 Å². The zero-order valence-corrected chi connectivity index (χ0v) is 13.1. The van der Waals surface area contributed by atoms with E-state index in [-0.39, 0.29) is 6.61 Å². The van der Waals surface area contributed by atoms with Crippen molar-refractivity contribution in [3.05, 3.63) is 35.9 Å². The number of ether oxygens (including phenoxy) is 1. The van der Waals surface area contributed by atoms with Gasteiger partial charge in [-0.15, -0.1) is 4.52 Å². The number of carbonyl (C=O) groups is 1. The zero-order valence-electron chi connectivity index (χ0n) is 12.3. The topological polar surface area (TPSA) is 64.6 Å². The molecule has 1 aromatic rings. The summed E-state index contributed by atoms with van der Waals surface area (Å²) in [7, 11) is -2.00. The summed E-state index contributed by atoms with van der Waals surface area (Å²) in [5, 5.41) is 2.50. The number of benzene rings is 1. The highest BCUT2D eigenvalue weighted by molar-refractivity contribution is 7.39. The molecular weight excluding hydrogens is 277 g/mol. The van der Waals surface area contributed by atoms with Gasteiger partial charge in [-0.3, -0.25) is 5.32 Å². The van der Waals surface area contributed by atoms with Crippen LogP contribution in [0.5, 0.6) is 0 Å². The molecule has 0 heterocycles. The van der Waals surface area contributed by atoms with Crippen LogP contribution in [-0.4, -0.2) is 17.5 Å². The highest BCUT2D eigenvalue weighted by Crippen LogP contribution is 2.29. The number of amides is 1. The van der Waals surface area contributed by atoms with Crippen LogP contribution >= 0.6 is 8.03 Å². The molecule has 0 aliphatic heterocycles. The van der Waals surface area contributed by atoms with Gasteiger partial charge in [-0.2, -0.15) is 0 Å². The molecule has 5 nitrogen and oxygen atoms in total. The van der Waals surface area contributed by atoms with Crippen molar-refractivity contribution in [3.8, 4) is 0 Å². The Balaban J connectivity index is 2.38. The van der Waals surface area contributed by atoms with E-state index in [0.29, 0.717) is 0 Å². The molecule has 20 heavy (non-hydrogen) atoms. The van der Waals surface area contributed by atoms with E-state index >= 15 is 0 Å². The average Bonchev–Trinajstić information content (AvgIpc) is 2.34. The van der Waals surface area contributed by atoms with Crippen molar-refractivity contribution in [2.45, 2.75) is 45.7 Å². The van der Waals surface area contributed by atoms with Crippen LogP contribution in [0.4, 0.5) is 4.79 Å². The van der Waals surface area contributed by atoms with Crippen LogP contribution in [0.2, 0.25) is 0 Å². The molecule has 0 aliphatic rings. The standard InChI is InChI=1S/C14H20NO4P/c1-11(15-13(16)19-14(2,3)4)20(17)18-10-12-8-6-5-7-9-12/h5-9,11H,10H2,1-4H3/p+1/t11-/m0/s1. The first-order valence-electron chi connectivity index (χ1n) is 6.40. The first-order valence-corrected chi connectivity index (χ1v) is 7.65. The largest absolute Gasteiger partial charge is 0.533 e. The molecular formula is C14H21NO4P+. The third-order valence-corrected chi connectivity index (χ3v) is 3.39. The fraction of sp³-hybridized carbons (Fsp3) is 0.500. The highest BCUT2D eigenvalue weighted by atomic mass is 31.1. The lowest BCUT2D eigenvalue weighted by atomic mass is 10.2. The van der Waals surface area contributed by atoms with Gasteiger partial charge in [0, 0.05) is 6.92 Å². The second-order valence-electron chi connectivity index (χ2n) is 5.37. The predicted molar refractivity (Wildman–Crippen MR) is 77.7 cm³/mol. The predicted octanol–water partition coefficient (Wildman–Crippen LogP) is 3.82. The number of rotatable bonds is 5. The van der Waals surface area contributed by atoms with Crippen LogP contribution in [-0.2, 0) is 20.4 Å². The molecule has 0 bridgehead atoms. The Morgan fingerprint density at radius 3 is 2.45 bits per heavy atom. The van der Waals surface area contributed by atoms with Crippen molar-refractivity contribution in [2.75, 3.05) is 0 Å². The van der Waals surface area contributed by atoms with Gasteiger partial charge in [0.2, 0.25) is 0 Å². The van der Waals surface area contributed by atoms with Gasteiger partial charge in [-0.05, 0) is 30.9 Å². The van der Waals surface area contributed by atoms with E-state index in [4.69, 9.17) is 9.26 Å². The summed E-state index contributed by atoms with van der Waals surface area (Å²) in [6.07, 6.45) is -0.600. The third-order valence-electron chi connectivity index (χ3n) is 2.24. The Morgan fingerprint density at radius 2 is 1.90 bits per heavy atom. The maximum atomic E-state index is 11.9. The summed E-state index contributed by atoms with van der Waals surface area (Å²) in [5.41, 5.74) is 0.348. The third kappa shape index (κ3) is 6.64. The molecule has 0 saturated carbocycles. The number of hydrogen-bond acceptors (Lipinski definition) is 4. The van der Waals surface area contributed by atoms with Crippen molar-refractivity contribution in [3.63, 3.8) is 0 Å². The van der Waals surface area contributed by atoms with Crippen LogP contribution in [0, 0.1) is 0 Å². The maximum absolute atomic E-state index is 11.9. The number of hydrogen-bond donors (Lipinski definition) is 1. The molecule has 1 amide bonds. The van der Waals surface area contributed by atoms with Gasteiger partial charge in [0.1, 0.15) is 12.2 Å². The molecule has 0 radical (unpaired) electrons. The monoisotopic (exact) mass is 298 g/mol. The average molecular weight is 298 g/mol. The summed E-state index contributed by atoms with van der Waals surface area (Å²) in [6.45, 7) is 7.17. The lowest BCUT2D eigenvalue weighted by molar-refractivity contribution is 0.0520. The van der Waals surface area contributed by atoms with Gasteiger partial charge in [-0.1, -0.05) is 30.3 Å². The molecule has 1 rings (SSSR count). The van der Waals surface area contributed by atoms with E-state index in [1.807, 2.05) is 30.3 Å². The summed E-state index contributed by atoms with van der Waals surface area (Å²) in [5.74, 6) is -0.608. The van der Waals surface area contributed by atoms with Gasteiger partial charge < -0.3 is 4.74 Å². The van der Waals surface area contributed by atoms with Crippen LogP contribution in [0.15, 0.2) is 30.3 Å². The molecule has 0 spiro atoms. The van der Waals surface area contributed by atoms with Crippen molar-refractivity contribution in [1.82, 2.24) is 5.32 Å². The van der Waals surface area contributed by atoms with Gasteiger partial charge in [0.15, 0.2) is 0 Å². The zero-order chi connectivity index (χ0) is 15.2. The van der Waals surface area contributed by atoms with Crippen LogP contribution < -0.4 is 5.32 Å². The van der Waals surface area contributed by atoms with E-state index in [1.54, 1.807) is 27.7 Å². The molecule has 0 aromatic heterocycles. The fourth-order valence-corrected chi connectivity index (χ4v) is 2.07. The second-order valence-corrected chi connectivity index (χ2v) is 6.97. The molecule has 0 saturated heterocycles. The minimum absolute atomic E-state index is 0.246. The second kappa shape index (κ2) is 7.36. The first-order chi connectivity index (χ1) is 9.28. The first kappa shape index (κ1) is 16.6. The van der Waals surface area contributed by atoms with Crippen LogP contribution in [0.3, 0.4) is 0 Å². The van der Waals surface area contributed by atoms with E-state index in [0.717, 1.165) is 5.56 Å². The fourth-order valence-electron chi connectivity index (χ4n) is 1.36. The Morgan fingerprint density at radius 1 is 1.30 bits per heavy atom. The SMILES string of the molecule is C[C@@H](NC(=O)OC(C)(C)C)[P+](=O)OCc1ccccc1. The maximum Gasteiger partial charge on any atom is 0.533 e. The Labute approximate surface area is 120 Å². The van der Waals surface area contributed by atoms with E-state index in [2.05, 4.69) is 5.32 Å². The van der Waals surface area contributed by atoms with Crippen molar-refractivity contribution < 1.29 is 18.6 Å². The summed E-state index contributed by atoms with van der Waals surface area (Å²) in [4.78, 5) is 11.5. The number of alkyl carbamates (subject to hydrolysis) is 1. The Hall–Kier alpha value is -1.45. The van der Waals surface area contributed by atoms with Crippen LogP contribution in [0.1, 0.15) is 33.3 Å². The summed E-state index contributed by atoms with van der Waals surface area (Å²) < 4.78 is 22.2. The van der Waals surface area contributed by atoms with Gasteiger partial charge in [0.25, 0.3) is 5.78 Å². The highest BCUT2D eigenvalue weighted by Gasteiger charge is 2.31. The van der Waals surface area contributed by atoms with E-state index in [9.17, 15) is 9.36 Å². The molecule has 1 unspecified atom stereocenters. The minimum atomic E-state index is -2.00. The molecule has 0 fully saturated rings. The normalized spacial score (nSPS) is 13.5. The molecule has 110 valence electrons. The smallest absolute Gasteiger partial charge is 0.444 e. The van der Waals surface area contributed by atoms with E-state index in [1.165, 1.54) is 0 Å². The van der Waals surface area contributed by atoms with Crippen molar-refractivity contribution >= 4 is 14.1 Å². The molecule has 6 heteroatoms. The Kier molecular flexibility index (Phi) is 6.11. The van der Waals surface area contributed by atoms with Gasteiger partial charge >= 0.3 is 14.1 Å². The van der Waals surface area contributed by atoms with Gasteiger partial charge in [0.05, 0.1) is 0 Å². The lowest BCUT2D eigenvalue weighted by Crippen LogP contribution is -2.36. The quantitative estimate of drug-likeness (QED) is 0.839. The number of nitrogens with one attached hydrogen (secondary N) is 1. The number of carbonyl (C=O) groups excluding carboxylic acids is 1. The molecule has 2 atom stereocenters. The Bertz CT molecular complexity index is 456. The summed E-state index contributed by atoms with van der Waals surface area (Å²) >= 11 is 0. The molecule has 1 aromatic carbocycles. The van der Waals surface area contributed by atoms with Crippen LogP contribution in [0.25, 0.3) is 0 Å². The van der Waals surface area contributed by atoms with E-state index < -0.39 is 25.5 Å². The minimum Gasteiger partial charge on any atom is -0.444 e. The molecule has 1 N–H and O–H groups in total. The lowest BCUT2D eigenvalue weighted by Gasteiger charge is -2.19. The van der Waals surface area contributed by atoms with Crippen molar-refractivity contribution in [2.24, 2.45) is 0 Å². The van der Waals surface area contributed by atoms with Crippen molar-refractivity contribution in [1.29, 1.82) is 0 Å². The summed E-state index contributed by atoms with van der Waals surface area (Å²) in [6, 6.07) is 9.43. The molecule has 0 aliphatic carbocycles.